The molecule has 304 valence electrons. The van der Waals surface area contributed by atoms with Crippen molar-refractivity contribution < 1.29 is 28.4 Å². The van der Waals surface area contributed by atoms with Crippen LogP contribution in [0.2, 0.25) is 0 Å². The number of anilines is 2. The molecule has 5 heterocycles. The summed E-state index contributed by atoms with van der Waals surface area (Å²) in [6.45, 7) is 6.25. The van der Waals surface area contributed by atoms with Crippen molar-refractivity contribution in [1.29, 1.82) is 0 Å². The predicted molar refractivity (Wildman–Crippen MR) is 217 cm³/mol. The van der Waals surface area contributed by atoms with Gasteiger partial charge in [-0.2, -0.15) is 0 Å². The number of nitrogens with one attached hydrogen (secondary N) is 1. The molecule has 0 aromatic heterocycles. The van der Waals surface area contributed by atoms with E-state index in [0.29, 0.717) is 31.5 Å². The molecule has 3 aromatic carbocycles. The largest absolute Gasteiger partial charge is 0.371 e. The van der Waals surface area contributed by atoms with Crippen LogP contribution in [0.3, 0.4) is 0 Å². The first-order valence-electron chi connectivity index (χ1n) is 20.9. The molecule has 1 N–H and O–H groups in total. The molecule has 0 spiro atoms. The highest BCUT2D eigenvalue weighted by Crippen LogP contribution is 2.43. The summed E-state index contributed by atoms with van der Waals surface area (Å²) >= 11 is 0. The van der Waals surface area contributed by atoms with Crippen molar-refractivity contribution in [2.24, 2.45) is 5.92 Å². The second kappa shape index (κ2) is 15.6. The Labute approximate surface area is 338 Å². The molecule has 0 bridgehead atoms. The summed E-state index contributed by atoms with van der Waals surface area (Å²) in [6, 6.07) is 19.2. The first-order valence-corrected chi connectivity index (χ1v) is 20.9. The van der Waals surface area contributed by atoms with E-state index in [2.05, 4.69) is 69.3 Å². The second-order valence-corrected chi connectivity index (χ2v) is 17.2. The molecule has 13 heteroatoms. The minimum Gasteiger partial charge on any atom is -0.371 e. The molecular formula is C45H52FN7O5. The number of benzene rings is 3. The third-order valence-corrected chi connectivity index (χ3v) is 13.8. The van der Waals surface area contributed by atoms with Crippen LogP contribution in [0.5, 0.6) is 0 Å². The molecule has 6 aliphatic rings. The lowest BCUT2D eigenvalue weighted by Gasteiger charge is -2.38. The van der Waals surface area contributed by atoms with E-state index in [9.17, 15) is 28.4 Å². The third kappa shape index (κ3) is 7.06. The SMILES string of the molecule is CN(C)[C@H]1CN(C2CCc3cccc(F)c32)C[C@@H]1c1ccc(N2CCN(C(=O)CC3CCN(c4ccc5c(c4)C(=O)N(C4CCC(=O)NC4=O)C5=O)CC3)CC2)cc1. The number of piperidine rings is 2. The number of aryl methyl sites for hydroxylation is 1. The third-order valence-electron chi connectivity index (χ3n) is 13.8. The van der Waals surface area contributed by atoms with Crippen LogP contribution in [0.15, 0.2) is 60.7 Å². The number of fused-ring (bicyclic) bond motifs is 2. The highest BCUT2D eigenvalue weighted by Gasteiger charge is 2.45. The molecule has 5 amide bonds. The topological polar surface area (TPSA) is 117 Å². The van der Waals surface area contributed by atoms with Gasteiger partial charge in [-0.15, -0.1) is 0 Å². The van der Waals surface area contributed by atoms with Gasteiger partial charge in [0.1, 0.15) is 11.9 Å². The number of halogens is 1. The van der Waals surface area contributed by atoms with E-state index in [1.165, 1.54) is 11.3 Å². The summed E-state index contributed by atoms with van der Waals surface area (Å²) in [5, 5.41) is 2.24. The highest BCUT2D eigenvalue weighted by atomic mass is 19.1. The minimum atomic E-state index is -0.988. The van der Waals surface area contributed by atoms with Crippen LogP contribution in [0.25, 0.3) is 0 Å². The van der Waals surface area contributed by atoms with Gasteiger partial charge in [0.2, 0.25) is 17.7 Å². The lowest BCUT2D eigenvalue weighted by molar-refractivity contribution is -0.136. The normalized spacial score (nSPS) is 25.5. The van der Waals surface area contributed by atoms with Gasteiger partial charge in [-0.25, -0.2) is 4.39 Å². The predicted octanol–water partition coefficient (Wildman–Crippen LogP) is 4.20. The molecule has 4 saturated heterocycles. The molecule has 4 fully saturated rings. The summed E-state index contributed by atoms with van der Waals surface area (Å²) in [6.07, 6.45) is 4.33. The van der Waals surface area contributed by atoms with E-state index >= 15 is 0 Å². The number of hydrogen-bond acceptors (Lipinski definition) is 9. The van der Waals surface area contributed by atoms with Gasteiger partial charge in [0.05, 0.1) is 11.1 Å². The quantitative estimate of drug-likeness (QED) is 0.336. The number of amides is 5. The maximum absolute atomic E-state index is 14.9. The maximum atomic E-state index is 14.9. The van der Waals surface area contributed by atoms with Gasteiger partial charge in [0.25, 0.3) is 11.8 Å². The molecule has 9 rings (SSSR count). The zero-order valence-electron chi connectivity index (χ0n) is 33.4. The highest BCUT2D eigenvalue weighted by molar-refractivity contribution is 6.23. The maximum Gasteiger partial charge on any atom is 0.262 e. The number of carbonyl (C=O) groups is 5. The number of nitrogens with zero attached hydrogens (tertiary/aromatic N) is 6. The van der Waals surface area contributed by atoms with E-state index in [0.717, 1.165) is 86.7 Å². The van der Waals surface area contributed by atoms with Crippen LogP contribution >= 0.6 is 0 Å². The Morgan fingerprint density at radius 2 is 1.45 bits per heavy atom. The van der Waals surface area contributed by atoms with Crippen molar-refractivity contribution in [2.45, 2.75) is 69.0 Å². The standard InChI is InChI=1S/C45H52FN7O5/c1-48(2)39-27-52(37-13-8-30-4-3-5-36(46)42(30)37)26-35(39)29-6-9-31(10-7-29)50-20-22-51(23-21-50)41(55)24-28-16-18-49(19-17-28)32-11-12-33-34(25-32)45(58)53(44(33)57)38-14-15-40(54)47-43(38)56/h3-7,9-12,25,28,35,37-39H,8,13-24,26-27H2,1-2H3,(H,47,54,56)/t35-,37?,38?,39+/m1/s1. The van der Waals surface area contributed by atoms with Gasteiger partial charge in [-0.05, 0) is 99.6 Å². The number of imide groups is 2. The Kier molecular flexibility index (Phi) is 10.3. The zero-order valence-corrected chi connectivity index (χ0v) is 33.4. The van der Waals surface area contributed by atoms with Gasteiger partial charge < -0.3 is 19.6 Å². The van der Waals surface area contributed by atoms with Crippen molar-refractivity contribution in [3.63, 3.8) is 0 Å². The Morgan fingerprint density at radius 1 is 0.759 bits per heavy atom. The first-order chi connectivity index (χ1) is 28.0. The van der Waals surface area contributed by atoms with Crippen molar-refractivity contribution in [3.05, 3.63) is 94.3 Å². The molecule has 0 radical (unpaired) electrons. The van der Waals surface area contributed by atoms with Gasteiger partial charge in [0.15, 0.2) is 0 Å². The lowest BCUT2D eigenvalue weighted by Crippen LogP contribution is -2.54. The summed E-state index contributed by atoms with van der Waals surface area (Å²) in [7, 11) is 4.30. The zero-order chi connectivity index (χ0) is 40.2. The fourth-order valence-corrected chi connectivity index (χ4v) is 10.5. The van der Waals surface area contributed by atoms with Crippen LogP contribution in [-0.2, 0) is 20.8 Å². The van der Waals surface area contributed by atoms with E-state index in [1.807, 2.05) is 17.0 Å². The fourth-order valence-electron chi connectivity index (χ4n) is 10.5. The van der Waals surface area contributed by atoms with Crippen LogP contribution in [-0.4, -0.2) is 128 Å². The van der Waals surface area contributed by atoms with Crippen LogP contribution in [0.1, 0.15) is 87.9 Å². The number of likely N-dealkylation sites (tertiary alicyclic amines) is 1. The second-order valence-electron chi connectivity index (χ2n) is 17.2. The molecule has 5 aliphatic heterocycles. The molecule has 58 heavy (non-hydrogen) atoms. The van der Waals surface area contributed by atoms with Gasteiger partial charge in [-0.3, -0.25) is 39.1 Å². The molecule has 2 unspecified atom stereocenters. The van der Waals surface area contributed by atoms with Crippen LogP contribution in [0, 0.1) is 11.7 Å². The van der Waals surface area contributed by atoms with Crippen molar-refractivity contribution >= 4 is 40.9 Å². The fraction of sp³-hybridized carbons (Fsp3) is 0.489. The number of carbonyl (C=O) groups excluding carboxylic acids is 5. The minimum absolute atomic E-state index is 0.0747. The summed E-state index contributed by atoms with van der Waals surface area (Å²) in [4.78, 5) is 76.4. The average molecular weight is 790 g/mol. The number of piperazine rings is 1. The van der Waals surface area contributed by atoms with E-state index in [4.69, 9.17) is 0 Å². The van der Waals surface area contributed by atoms with Gasteiger partial charge in [0, 0.05) is 100 Å². The molecule has 4 atom stereocenters. The number of hydrogen-bond donors (Lipinski definition) is 1. The Bertz CT molecular complexity index is 2130. The van der Waals surface area contributed by atoms with Gasteiger partial charge in [-0.1, -0.05) is 24.3 Å². The summed E-state index contributed by atoms with van der Waals surface area (Å²) in [5.74, 6) is -1.29. The molecule has 0 saturated carbocycles. The Morgan fingerprint density at radius 3 is 2.17 bits per heavy atom. The molecular weight excluding hydrogens is 738 g/mol. The van der Waals surface area contributed by atoms with Crippen LogP contribution < -0.4 is 15.1 Å². The molecule has 1 aliphatic carbocycles. The number of likely N-dealkylation sites (N-methyl/N-ethyl adjacent to an activating group) is 1. The lowest BCUT2D eigenvalue weighted by atomic mass is 9.92. The van der Waals surface area contributed by atoms with E-state index in [1.54, 1.807) is 18.2 Å². The summed E-state index contributed by atoms with van der Waals surface area (Å²) in [5.41, 5.74) is 5.93. The first kappa shape index (κ1) is 38.4. The monoisotopic (exact) mass is 789 g/mol. The van der Waals surface area contributed by atoms with Crippen molar-refractivity contribution in [1.82, 2.24) is 24.9 Å². The van der Waals surface area contributed by atoms with E-state index in [-0.39, 0.29) is 47.7 Å². The molecule has 3 aromatic rings. The smallest absolute Gasteiger partial charge is 0.262 e. The van der Waals surface area contributed by atoms with E-state index < -0.39 is 29.7 Å². The van der Waals surface area contributed by atoms with Crippen LogP contribution in [0.4, 0.5) is 15.8 Å². The summed E-state index contributed by atoms with van der Waals surface area (Å²) < 4.78 is 14.9. The Hall–Kier alpha value is -5.14. The Balaban J connectivity index is 0.752. The number of rotatable bonds is 8. The van der Waals surface area contributed by atoms with Crippen molar-refractivity contribution in [2.75, 3.05) is 76.3 Å². The van der Waals surface area contributed by atoms with Gasteiger partial charge >= 0.3 is 0 Å². The average Bonchev–Trinajstić information content (AvgIpc) is 3.94. The molecule has 12 nitrogen and oxygen atoms in total. The van der Waals surface area contributed by atoms with Crippen molar-refractivity contribution in [3.8, 4) is 0 Å².